The number of esters is 2. The zero-order valence-corrected chi connectivity index (χ0v) is 20.3. The number of fused-ring (bicyclic) bond motifs is 1. The maximum absolute atomic E-state index is 13.0. The minimum absolute atomic E-state index is 0.0923. The summed E-state index contributed by atoms with van der Waals surface area (Å²) in [6.45, 7) is 1.98. The van der Waals surface area contributed by atoms with Gasteiger partial charge in [-0.25, -0.2) is 14.6 Å². The highest BCUT2D eigenvalue weighted by atomic mass is 35.5. The third kappa shape index (κ3) is 4.56. The number of nitrogens with zero attached hydrogens (tertiary/aromatic N) is 1. The number of aryl methyl sites for hydroxylation is 1. The molecule has 174 valence electrons. The molecule has 1 aliphatic rings. The van der Waals surface area contributed by atoms with Crippen LogP contribution in [0.1, 0.15) is 26.4 Å². The van der Waals surface area contributed by atoms with E-state index in [-0.39, 0.29) is 17.3 Å². The summed E-state index contributed by atoms with van der Waals surface area (Å²) in [4.78, 5) is 30.1. The second-order valence-corrected chi connectivity index (χ2v) is 9.17. The van der Waals surface area contributed by atoms with Gasteiger partial charge in [0.25, 0.3) is 0 Å². The second-order valence-electron chi connectivity index (χ2n) is 7.74. The van der Waals surface area contributed by atoms with Crippen LogP contribution in [0.5, 0.6) is 11.5 Å². The van der Waals surface area contributed by atoms with Crippen molar-refractivity contribution in [2.75, 3.05) is 7.11 Å². The van der Waals surface area contributed by atoms with Crippen LogP contribution in [0.15, 0.2) is 77.4 Å². The topological polar surface area (TPSA) is 74.2 Å². The third-order valence-electron chi connectivity index (χ3n) is 5.34. The summed E-state index contributed by atoms with van der Waals surface area (Å²) in [5.74, 6) is -0.0311. The molecule has 0 aliphatic carbocycles. The van der Waals surface area contributed by atoms with Gasteiger partial charge in [0, 0.05) is 21.2 Å². The molecule has 0 fully saturated rings. The number of thiophene rings is 1. The van der Waals surface area contributed by atoms with Gasteiger partial charge < -0.3 is 14.2 Å². The van der Waals surface area contributed by atoms with Crippen LogP contribution in [-0.4, -0.2) is 24.9 Å². The van der Waals surface area contributed by atoms with Crippen molar-refractivity contribution in [2.24, 2.45) is 4.99 Å². The Morgan fingerprint density at radius 1 is 1.09 bits per heavy atom. The largest absolute Gasteiger partial charge is 0.497 e. The Balaban J connectivity index is 1.43. The normalized spacial score (nSPS) is 14.2. The summed E-state index contributed by atoms with van der Waals surface area (Å²) in [5, 5.41) is 1.16. The average Bonchev–Trinajstić information content (AvgIpc) is 3.39. The first-order chi connectivity index (χ1) is 16.9. The van der Waals surface area contributed by atoms with Gasteiger partial charge in [-0.05, 0) is 55.0 Å². The summed E-state index contributed by atoms with van der Waals surface area (Å²) < 4.78 is 17.1. The van der Waals surface area contributed by atoms with E-state index < -0.39 is 11.9 Å². The lowest BCUT2D eigenvalue weighted by molar-refractivity contribution is -0.129. The minimum atomic E-state index is -0.597. The van der Waals surface area contributed by atoms with Crippen molar-refractivity contribution >= 4 is 56.9 Å². The molecule has 0 bridgehead atoms. The van der Waals surface area contributed by atoms with Gasteiger partial charge in [0.1, 0.15) is 16.4 Å². The summed E-state index contributed by atoms with van der Waals surface area (Å²) in [5.41, 5.74) is 2.30. The van der Waals surface area contributed by atoms with Gasteiger partial charge in [0.2, 0.25) is 5.90 Å². The Morgan fingerprint density at radius 2 is 1.86 bits per heavy atom. The van der Waals surface area contributed by atoms with Gasteiger partial charge in [-0.15, -0.1) is 11.3 Å². The van der Waals surface area contributed by atoms with Crippen LogP contribution in [0.25, 0.3) is 16.2 Å². The molecule has 35 heavy (non-hydrogen) atoms. The molecule has 0 N–H and O–H groups in total. The molecule has 0 radical (unpaired) electrons. The molecule has 5 rings (SSSR count). The van der Waals surface area contributed by atoms with E-state index >= 15 is 0 Å². The van der Waals surface area contributed by atoms with Crippen LogP contribution in [0.3, 0.4) is 0 Å². The van der Waals surface area contributed by atoms with Crippen LogP contribution in [0.4, 0.5) is 0 Å². The molecule has 1 aromatic heterocycles. The molecule has 0 spiro atoms. The number of methoxy groups -OCH3 is 1. The lowest BCUT2D eigenvalue weighted by atomic mass is 10.1. The summed E-state index contributed by atoms with van der Waals surface area (Å²) in [6, 6.07) is 19.7. The van der Waals surface area contributed by atoms with Crippen molar-refractivity contribution in [3.63, 3.8) is 0 Å². The maximum atomic E-state index is 13.0. The van der Waals surface area contributed by atoms with Crippen LogP contribution >= 0.6 is 22.9 Å². The van der Waals surface area contributed by atoms with Gasteiger partial charge in [0.05, 0.1) is 12.1 Å². The second kappa shape index (κ2) is 9.37. The van der Waals surface area contributed by atoms with Crippen molar-refractivity contribution in [2.45, 2.75) is 6.92 Å². The molecule has 6 nitrogen and oxygen atoms in total. The standard InChI is InChI=1S/C27H18ClNO5S/c1-15-7-12-19-22(13-15)35-24(23(19)28)27(31)33-21-6-4-3-5-17(21)14-20-26(30)34-25(29-20)16-8-10-18(32-2)11-9-16/h3-14H,1-2H3/b20-14+. The molecule has 3 aromatic carbocycles. The van der Waals surface area contributed by atoms with E-state index in [9.17, 15) is 9.59 Å². The number of para-hydroxylation sites is 1. The Morgan fingerprint density at radius 3 is 2.63 bits per heavy atom. The molecule has 0 unspecified atom stereocenters. The Hall–Kier alpha value is -3.94. The van der Waals surface area contributed by atoms with E-state index in [4.69, 9.17) is 25.8 Å². The van der Waals surface area contributed by atoms with E-state index in [0.717, 1.165) is 15.6 Å². The highest BCUT2D eigenvalue weighted by Crippen LogP contribution is 2.37. The number of carbonyl (C=O) groups excluding carboxylic acids is 2. The zero-order valence-electron chi connectivity index (χ0n) is 18.7. The molecule has 0 saturated heterocycles. The molecular formula is C27H18ClNO5S. The first-order valence-electron chi connectivity index (χ1n) is 10.6. The molecule has 8 heteroatoms. The monoisotopic (exact) mass is 503 g/mol. The first kappa shape index (κ1) is 22.8. The fourth-order valence-corrected chi connectivity index (χ4v) is 5.04. The summed E-state index contributed by atoms with van der Waals surface area (Å²) in [7, 11) is 1.57. The number of benzene rings is 3. The number of halogens is 1. The fourth-order valence-electron chi connectivity index (χ4n) is 3.56. The van der Waals surface area contributed by atoms with Crippen molar-refractivity contribution in [1.29, 1.82) is 0 Å². The minimum Gasteiger partial charge on any atom is -0.497 e. The SMILES string of the molecule is COc1ccc(C2=N/C(=C/c3ccccc3OC(=O)c3sc4cc(C)ccc4c3Cl)C(=O)O2)cc1. The van der Waals surface area contributed by atoms with E-state index in [1.54, 1.807) is 55.6 Å². The number of ether oxygens (including phenoxy) is 3. The Kier molecular flexibility index (Phi) is 6.11. The summed E-state index contributed by atoms with van der Waals surface area (Å²) >= 11 is 7.75. The number of carbonyl (C=O) groups is 2. The lowest BCUT2D eigenvalue weighted by Crippen LogP contribution is -2.08. The van der Waals surface area contributed by atoms with Crippen LogP contribution < -0.4 is 9.47 Å². The predicted octanol–water partition coefficient (Wildman–Crippen LogP) is 6.44. The molecule has 0 amide bonds. The number of rotatable bonds is 5. The smallest absolute Gasteiger partial charge is 0.363 e. The van der Waals surface area contributed by atoms with E-state index in [2.05, 4.69) is 4.99 Å². The Bertz CT molecular complexity index is 1540. The quantitative estimate of drug-likeness (QED) is 0.178. The molecule has 4 aromatic rings. The first-order valence-corrected chi connectivity index (χ1v) is 11.8. The zero-order chi connectivity index (χ0) is 24.5. The van der Waals surface area contributed by atoms with Crippen molar-refractivity contribution in [3.8, 4) is 11.5 Å². The van der Waals surface area contributed by atoms with Crippen molar-refractivity contribution in [3.05, 3.63) is 99.0 Å². The van der Waals surface area contributed by atoms with Crippen LogP contribution in [0, 0.1) is 6.92 Å². The number of hydrogen-bond acceptors (Lipinski definition) is 7. The molecule has 1 aliphatic heterocycles. The van der Waals surface area contributed by atoms with Crippen molar-refractivity contribution in [1.82, 2.24) is 0 Å². The molecular weight excluding hydrogens is 486 g/mol. The fraction of sp³-hybridized carbons (Fsp3) is 0.0741. The molecule has 2 heterocycles. The van der Waals surface area contributed by atoms with Gasteiger partial charge in [0.15, 0.2) is 5.70 Å². The van der Waals surface area contributed by atoms with E-state index in [1.807, 2.05) is 25.1 Å². The average molecular weight is 504 g/mol. The van der Waals surface area contributed by atoms with Gasteiger partial charge >= 0.3 is 11.9 Å². The highest BCUT2D eigenvalue weighted by molar-refractivity contribution is 7.21. The third-order valence-corrected chi connectivity index (χ3v) is 6.98. The van der Waals surface area contributed by atoms with Crippen LogP contribution in [-0.2, 0) is 9.53 Å². The highest BCUT2D eigenvalue weighted by Gasteiger charge is 2.25. The van der Waals surface area contributed by atoms with Gasteiger partial charge in [-0.3, -0.25) is 0 Å². The van der Waals surface area contributed by atoms with Gasteiger partial charge in [-0.1, -0.05) is 41.9 Å². The molecule has 0 atom stereocenters. The van der Waals surface area contributed by atoms with E-state index in [1.165, 1.54) is 17.4 Å². The number of aliphatic imine (C=N–C) groups is 1. The Labute approximate surface area is 210 Å². The molecule has 0 saturated carbocycles. The number of cyclic esters (lactones) is 1. The van der Waals surface area contributed by atoms with E-state index in [0.29, 0.717) is 26.8 Å². The maximum Gasteiger partial charge on any atom is 0.363 e. The van der Waals surface area contributed by atoms with Crippen molar-refractivity contribution < 1.29 is 23.8 Å². The van der Waals surface area contributed by atoms with Crippen LogP contribution in [0.2, 0.25) is 5.02 Å². The summed E-state index contributed by atoms with van der Waals surface area (Å²) in [6.07, 6.45) is 1.53. The lowest BCUT2D eigenvalue weighted by Gasteiger charge is -2.07. The predicted molar refractivity (Wildman–Crippen MR) is 137 cm³/mol. The number of hydrogen-bond donors (Lipinski definition) is 0. The van der Waals surface area contributed by atoms with Gasteiger partial charge in [-0.2, -0.15) is 0 Å².